The Morgan fingerprint density at radius 3 is 2.63 bits per heavy atom. The van der Waals surface area contributed by atoms with Crippen LogP contribution in [0.4, 0.5) is 14.5 Å². The Hall–Kier alpha value is -1.94. The summed E-state index contributed by atoms with van der Waals surface area (Å²) < 4.78 is 27.2. The third kappa shape index (κ3) is 6.80. The molecule has 1 atom stereocenters. The van der Waals surface area contributed by atoms with Crippen LogP contribution in [0.15, 0.2) is 47.5 Å². The van der Waals surface area contributed by atoms with Gasteiger partial charge in [0, 0.05) is 45.3 Å². The summed E-state index contributed by atoms with van der Waals surface area (Å²) in [7, 11) is 5.85. The molecule has 30 heavy (non-hydrogen) atoms. The highest BCUT2D eigenvalue weighted by molar-refractivity contribution is 14.0. The predicted molar refractivity (Wildman–Crippen MR) is 130 cm³/mol. The molecule has 8 heteroatoms. The van der Waals surface area contributed by atoms with Gasteiger partial charge in [-0.2, -0.15) is 0 Å². The number of hydrogen-bond acceptors (Lipinski definition) is 3. The lowest BCUT2D eigenvalue weighted by Gasteiger charge is -2.21. The van der Waals surface area contributed by atoms with Crippen molar-refractivity contribution in [1.82, 2.24) is 15.5 Å². The molecule has 1 unspecified atom stereocenters. The molecule has 0 bridgehead atoms. The first-order valence-corrected chi connectivity index (χ1v) is 9.84. The van der Waals surface area contributed by atoms with Crippen molar-refractivity contribution in [3.05, 3.63) is 65.2 Å². The first-order chi connectivity index (χ1) is 13.9. The second kappa shape index (κ2) is 11.5. The average molecular weight is 529 g/mol. The van der Waals surface area contributed by atoms with Gasteiger partial charge in [0.1, 0.15) is 11.6 Å². The lowest BCUT2D eigenvalue weighted by Crippen LogP contribution is -2.44. The summed E-state index contributed by atoms with van der Waals surface area (Å²) in [6, 6.07) is 12.3. The largest absolute Gasteiger partial charge is 0.367 e. The van der Waals surface area contributed by atoms with Crippen LogP contribution in [0.3, 0.4) is 0 Å². The van der Waals surface area contributed by atoms with Crippen LogP contribution in [0.5, 0.6) is 0 Å². The highest BCUT2D eigenvalue weighted by Gasteiger charge is 2.25. The maximum atomic E-state index is 14.0. The van der Waals surface area contributed by atoms with E-state index in [4.69, 9.17) is 0 Å². The zero-order valence-electron chi connectivity index (χ0n) is 17.7. The summed E-state index contributed by atoms with van der Waals surface area (Å²) in [6.45, 7) is 2.92. The zero-order chi connectivity index (χ0) is 20.8. The fourth-order valence-corrected chi connectivity index (χ4v) is 3.61. The van der Waals surface area contributed by atoms with E-state index < -0.39 is 11.6 Å². The normalized spacial score (nSPS) is 16.5. The molecule has 0 radical (unpaired) electrons. The fourth-order valence-electron chi connectivity index (χ4n) is 3.61. The van der Waals surface area contributed by atoms with E-state index in [0.29, 0.717) is 25.3 Å². The van der Waals surface area contributed by atoms with Gasteiger partial charge in [0.05, 0.1) is 5.69 Å². The van der Waals surface area contributed by atoms with Gasteiger partial charge in [-0.25, -0.2) is 8.78 Å². The molecular weight excluding hydrogens is 499 g/mol. The van der Waals surface area contributed by atoms with E-state index in [1.807, 2.05) is 4.90 Å². The fraction of sp³-hybridized carbons (Fsp3) is 0.409. The van der Waals surface area contributed by atoms with Crippen molar-refractivity contribution >= 4 is 35.6 Å². The molecule has 1 saturated heterocycles. The molecule has 1 heterocycles. The van der Waals surface area contributed by atoms with E-state index in [1.165, 1.54) is 23.3 Å². The molecule has 164 valence electrons. The number of aliphatic imine (C=N–C) groups is 1. The quantitative estimate of drug-likeness (QED) is 0.341. The van der Waals surface area contributed by atoms with Gasteiger partial charge in [-0.1, -0.05) is 24.3 Å². The predicted octanol–water partition coefficient (Wildman–Crippen LogP) is 3.59. The Bertz CT molecular complexity index is 859. The molecule has 3 rings (SSSR count). The van der Waals surface area contributed by atoms with Crippen molar-refractivity contribution < 1.29 is 8.78 Å². The number of nitrogens with one attached hydrogen (secondary N) is 2. The van der Waals surface area contributed by atoms with Crippen molar-refractivity contribution in [3.63, 3.8) is 0 Å². The van der Waals surface area contributed by atoms with Crippen molar-refractivity contribution in [2.24, 2.45) is 4.99 Å². The Kier molecular flexibility index (Phi) is 9.29. The van der Waals surface area contributed by atoms with E-state index >= 15 is 0 Å². The maximum absolute atomic E-state index is 14.0. The number of nitrogens with zero attached hydrogens (tertiary/aromatic N) is 3. The molecule has 2 N–H and O–H groups in total. The molecule has 1 aliphatic heterocycles. The summed E-state index contributed by atoms with van der Waals surface area (Å²) in [5.74, 6) is -0.362. The van der Waals surface area contributed by atoms with Gasteiger partial charge in [0.15, 0.2) is 5.96 Å². The van der Waals surface area contributed by atoms with Gasteiger partial charge in [0.25, 0.3) is 0 Å². The number of halogens is 3. The smallest absolute Gasteiger partial charge is 0.191 e. The third-order valence-corrected chi connectivity index (χ3v) is 4.95. The summed E-state index contributed by atoms with van der Waals surface area (Å²) in [5, 5.41) is 6.76. The van der Waals surface area contributed by atoms with Crippen molar-refractivity contribution in [3.8, 4) is 0 Å². The van der Waals surface area contributed by atoms with E-state index in [-0.39, 0.29) is 30.0 Å². The van der Waals surface area contributed by atoms with Crippen LogP contribution in [-0.2, 0) is 13.1 Å². The van der Waals surface area contributed by atoms with Crippen LogP contribution in [0.2, 0.25) is 0 Å². The number of guanidine groups is 1. The molecule has 0 aliphatic carbocycles. The minimum atomic E-state index is -0.556. The summed E-state index contributed by atoms with van der Waals surface area (Å²) in [6.07, 6.45) is 0.857. The van der Waals surface area contributed by atoms with Crippen LogP contribution < -0.4 is 15.5 Å². The van der Waals surface area contributed by atoms with Gasteiger partial charge >= 0.3 is 0 Å². The zero-order valence-corrected chi connectivity index (χ0v) is 20.0. The van der Waals surface area contributed by atoms with Crippen molar-refractivity contribution in [2.75, 3.05) is 39.1 Å². The highest BCUT2D eigenvalue weighted by atomic mass is 127. The van der Waals surface area contributed by atoms with Crippen LogP contribution in [0.1, 0.15) is 17.5 Å². The standard InChI is InChI=1S/C22H29F2N5.HI/c1-25-22(26-13-16-5-4-6-17(11-16)14-28(2)3)27-19-9-10-29(15-19)21-8-7-18(23)12-20(21)24;/h4-8,11-12,19H,9-10,13-15H2,1-3H3,(H2,25,26,27);1H. The Morgan fingerprint density at radius 1 is 1.17 bits per heavy atom. The Labute approximate surface area is 194 Å². The molecule has 0 spiro atoms. The van der Waals surface area contributed by atoms with Gasteiger partial charge in [-0.15, -0.1) is 24.0 Å². The molecule has 2 aromatic carbocycles. The third-order valence-electron chi connectivity index (χ3n) is 4.95. The summed E-state index contributed by atoms with van der Waals surface area (Å²) in [4.78, 5) is 8.39. The maximum Gasteiger partial charge on any atom is 0.191 e. The summed E-state index contributed by atoms with van der Waals surface area (Å²) in [5.41, 5.74) is 2.90. The molecule has 0 saturated carbocycles. The van der Waals surface area contributed by atoms with Gasteiger partial charge in [-0.3, -0.25) is 4.99 Å². The van der Waals surface area contributed by atoms with Crippen LogP contribution in [-0.4, -0.2) is 51.1 Å². The molecule has 0 amide bonds. The van der Waals surface area contributed by atoms with Gasteiger partial charge in [0.2, 0.25) is 0 Å². The Balaban J connectivity index is 0.00000320. The van der Waals surface area contributed by atoms with E-state index in [1.54, 1.807) is 7.05 Å². The first-order valence-electron chi connectivity index (χ1n) is 9.84. The Morgan fingerprint density at radius 2 is 1.93 bits per heavy atom. The SMILES string of the molecule is CN=C(NCc1cccc(CN(C)C)c1)NC1CCN(c2ccc(F)cc2F)C1.I. The monoisotopic (exact) mass is 529 g/mol. The van der Waals surface area contributed by atoms with Crippen molar-refractivity contribution in [1.29, 1.82) is 0 Å². The number of benzene rings is 2. The summed E-state index contributed by atoms with van der Waals surface area (Å²) >= 11 is 0. The van der Waals surface area contributed by atoms with Gasteiger partial charge < -0.3 is 20.4 Å². The van der Waals surface area contributed by atoms with Crippen LogP contribution >= 0.6 is 24.0 Å². The minimum absolute atomic E-state index is 0. The first kappa shape index (κ1) is 24.3. The molecule has 0 aromatic heterocycles. The molecule has 2 aromatic rings. The average Bonchev–Trinajstić information content (AvgIpc) is 3.13. The highest BCUT2D eigenvalue weighted by Crippen LogP contribution is 2.24. The van der Waals surface area contributed by atoms with Gasteiger partial charge in [-0.05, 0) is 43.8 Å². The topological polar surface area (TPSA) is 42.9 Å². The minimum Gasteiger partial charge on any atom is -0.367 e. The number of hydrogen-bond donors (Lipinski definition) is 2. The molecule has 1 fully saturated rings. The van der Waals surface area contributed by atoms with E-state index in [0.717, 1.165) is 25.0 Å². The molecule has 1 aliphatic rings. The lowest BCUT2D eigenvalue weighted by atomic mass is 10.1. The lowest BCUT2D eigenvalue weighted by molar-refractivity contribution is 0.402. The number of anilines is 1. The second-order valence-corrected chi connectivity index (χ2v) is 7.66. The van der Waals surface area contributed by atoms with Crippen LogP contribution in [0.25, 0.3) is 0 Å². The second-order valence-electron chi connectivity index (χ2n) is 7.66. The van der Waals surface area contributed by atoms with E-state index in [2.05, 4.69) is 58.9 Å². The molecule has 5 nitrogen and oxygen atoms in total. The number of rotatable bonds is 6. The van der Waals surface area contributed by atoms with E-state index in [9.17, 15) is 8.78 Å². The van der Waals surface area contributed by atoms with Crippen molar-refractivity contribution in [2.45, 2.75) is 25.6 Å². The van der Waals surface area contributed by atoms with Crippen LogP contribution in [0, 0.1) is 11.6 Å². The molecular formula is C22H30F2IN5.